The van der Waals surface area contributed by atoms with Crippen molar-refractivity contribution in [2.45, 2.75) is 61.2 Å². The van der Waals surface area contributed by atoms with E-state index in [2.05, 4.69) is 48.5 Å². The molecular formula is C14H29BO. The van der Waals surface area contributed by atoms with Crippen molar-refractivity contribution >= 4 is 13.0 Å². The lowest BCUT2D eigenvalue weighted by Gasteiger charge is -2.28. The SMILES string of the molecule is CC(C)CBC(=O)C(CC(C)(C)C)C(C)C. The van der Waals surface area contributed by atoms with Crippen LogP contribution in [0.15, 0.2) is 0 Å². The predicted molar refractivity (Wildman–Crippen MR) is 74.2 cm³/mol. The van der Waals surface area contributed by atoms with E-state index in [-0.39, 0.29) is 11.3 Å². The van der Waals surface area contributed by atoms with E-state index in [1.54, 1.807) is 0 Å². The average molecular weight is 224 g/mol. The standard InChI is InChI=1S/C14H29BO/c1-10(2)9-15-13(16)12(11(3)4)8-14(5,6)7/h10-12,15H,8-9H2,1-7H3. The Labute approximate surface area is 103 Å². The van der Waals surface area contributed by atoms with Gasteiger partial charge in [0.05, 0.1) is 5.68 Å². The molecule has 16 heavy (non-hydrogen) atoms. The molecule has 1 nitrogen and oxygen atoms in total. The Morgan fingerprint density at radius 3 is 1.94 bits per heavy atom. The molecule has 0 aliphatic carbocycles. The predicted octanol–water partition coefficient (Wildman–Crippen LogP) is 3.73. The van der Waals surface area contributed by atoms with Crippen LogP contribution in [0.25, 0.3) is 0 Å². The Morgan fingerprint density at radius 1 is 1.12 bits per heavy atom. The third kappa shape index (κ3) is 7.08. The smallest absolute Gasteiger partial charge is 0.206 e. The third-order valence-corrected chi connectivity index (χ3v) is 3.02. The molecule has 0 aromatic carbocycles. The van der Waals surface area contributed by atoms with Crippen LogP contribution in [-0.4, -0.2) is 13.0 Å². The van der Waals surface area contributed by atoms with Crippen LogP contribution in [0.4, 0.5) is 0 Å². The van der Waals surface area contributed by atoms with Crippen molar-refractivity contribution in [3.8, 4) is 0 Å². The zero-order valence-corrected chi connectivity index (χ0v) is 12.3. The highest BCUT2D eigenvalue weighted by Gasteiger charge is 2.27. The molecule has 0 aliphatic rings. The second kappa shape index (κ2) is 6.47. The van der Waals surface area contributed by atoms with E-state index >= 15 is 0 Å². The topological polar surface area (TPSA) is 17.1 Å². The summed E-state index contributed by atoms with van der Waals surface area (Å²) < 4.78 is 0. The van der Waals surface area contributed by atoms with E-state index in [4.69, 9.17) is 0 Å². The second-order valence-electron chi connectivity index (χ2n) is 7.01. The molecular weight excluding hydrogens is 195 g/mol. The lowest BCUT2D eigenvalue weighted by Crippen LogP contribution is -2.29. The van der Waals surface area contributed by atoms with Gasteiger partial charge in [-0.25, -0.2) is 0 Å². The number of carbonyl (C=O) groups is 1. The van der Waals surface area contributed by atoms with Gasteiger partial charge >= 0.3 is 0 Å². The second-order valence-corrected chi connectivity index (χ2v) is 7.01. The first-order valence-corrected chi connectivity index (χ1v) is 6.66. The summed E-state index contributed by atoms with van der Waals surface area (Å²) in [6.07, 6.45) is 2.05. The van der Waals surface area contributed by atoms with Crippen molar-refractivity contribution in [1.29, 1.82) is 0 Å². The van der Waals surface area contributed by atoms with Crippen molar-refractivity contribution < 1.29 is 4.79 Å². The van der Waals surface area contributed by atoms with E-state index in [0.29, 0.717) is 17.5 Å². The molecule has 0 spiro atoms. The van der Waals surface area contributed by atoms with Gasteiger partial charge in [-0.3, -0.25) is 0 Å². The minimum atomic E-state index is 0.249. The molecule has 0 N–H and O–H groups in total. The molecule has 0 aromatic rings. The molecule has 0 aliphatic heterocycles. The normalized spacial score (nSPS) is 14.3. The van der Waals surface area contributed by atoms with Gasteiger partial charge in [-0.15, -0.1) is 0 Å². The van der Waals surface area contributed by atoms with E-state index in [1.165, 1.54) is 0 Å². The Hall–Kier alpha value is -0.265. The molecule has 0 fully saturated rings. The minimum Gasteiger partial charge on any atom is -0.311 e. The summed E-state index contributed by atoms with van der Waals surface area (Å²) in [5, 5.41) is 0. The van der Waals surface area contributed by atoms with Gasteiger partial charge in [0.25, 0.3) is 0 Å². The number of rotatable bonds is 6. The Bertz CT molecular complexity index is 213. The van der Waals surface area contributed by atoms with Crippen LogP contribution in [0.5, 0.6) is 0 Å². The maximum absolute atomic E-state index is 12.2. The van der Waals surface area contributed by atoms with E-state index in [0.717, 1.165) is 20.0 Å². The molecule has 1 unspecified atom stereocenters. The molecule has 0 aromatic heterocycles. The van der Waals surface area contributed by atoms with E-state index < -0.39 is 0 Å². The van der Waals surface area contributed by atoms with Gasteiger partial charge in [0.2, 0.25) is 7.28 Å². The van der Waals surface area contributed by atoms with Gasteiger partial charge in [-0.2, -0.15) is 0 Å². The number of hydrogen-bond donors (Lipinski definition) is 0. The molecule has 94 valence electrons. The summed E-state index contributed by atoms with van der Waals surface area (Å²) in [6, 6.07) is 0. The summed E-state index contributed by atoms with van der Waals surface area (Å²) in [6.45, 7) is 15.4. The zero-order valence-electron chi connectivity index (χ0n) is 12.3. The van der Waals surface area contributed by atoms with Crippen LogP contribution in [-0.2, 0) is 4.79 Å². The molecule has 0 heterocycles. The van der Waals surface area contributed by atoms with Gasteiger partial charge in [0, 0.05) is 5.92 Å². The van der Waals surface area contributed by atoms with Crippen molar-refractivity contribution in [2.75, 3.05) is 0 Å². The fraction of sp³-hybridized carbons (Fsp3) is 0.929. The summed E-state index contributed by atoms with van der Waals surface area (Å²) in [5.74, 6) is 1.35. The maximum Gasteiger partial charge on any atom is 0.206 e. The molecule has 0 amide bonds. The van der Waals surface area contributed by atoms with Gasteiger partial charge in [0.15, 0.2) is 0 Å². The average Bonchev–Trinajstić information content (AvgIpc) is 2.08. The lowest BCUT2D eigenvalue weighted by atomic mass is 9.59. The summed E-state index contributed by atoms with van der Waals surface area (Å²) >= 11 is 0. The monoisotopic (exact) mass is 224 g/mol. The largest absolute Gasteiger partial charge is 0.311 e. The van der Waals surface area contributed by atoms with Crippen LogP contribution in [0, 0.1) is 23.2 Å². The van der Waals surface area contributed by atoms with E-state index in [9.17, 15) is 4.79 Å². The number of carbonyl (C=O) groups excluding carboxylic acids is 1. The summed E-state index contributed by atoms with van der Waals surface area (Å²) in [5.41, 5.74) is 0.723. The first-order valence-electron chi connectivity index (χ1n) is 6.66. The molecule has 2 heteroatoms. The highest BCUT2D eigenvalue weighted by atomic mass is 16.1. The van der Waals surface area contributed by atoms with Gasteiger partial charge in [-0.1, -0.05) is 60.7 Å². The van der Waals surface area contributed by atoms with Crippen LogP contribution >= 0.6 is 0 Å². The number of hydrogen-bond acceptors (Lipinski definition) is 1. The zero-order chi connectivity index (χ0) is 12.9. The molecule has 0 saturated heterocycles. The first-order chi connectivity index (χ1) is 7.13. The van der Waals surface area contributed by atoms with E-state index in [1.807, 2.05) is 0 Å². The highest BCUT2D eigenvalue weighted by Crippen LogP contribution is 2.29. The molecule has 0 rings (SSSR count). The quantitative estimate of drug-likeness (QED) is 0.628. The lowest BCUT2D eigenvalue weighted by molar-refractivity contribution is -0.117. The Balaban J connectivity index is 4.37. The molecule has 0 bridgehead atoms. The van der Waals surface area contributed by atoms with Crippen LogP contribution in [0.2, 0.25) is 6.32 Å². The fourth-order valence-corrected chi connectivity index (χ4v) is 2.00. The van der Waals surface area contributed by atoms with Crippen LogP contribution in [0.1, 0.15) is 54.9 Å². The van der Waals surface area contributed by atoms with Gasteiger partial charge < -0.3 is 4.79 Å². The molecule has 1 atom stereocenters. The van der Waals surface area contributed by atoms with Crippen LogP contribution in [0.3, 0.4) is 0 Å². The fourth-order valence-electron chi connectivity index (χ4n) is 2.00. The minimum absolute atomic E-state index is 0.249. The van der Waals surface area contributed by atoms with Crippen molar-refractivity contribution in [1.82, 2.24) is 0 Å². The molecule has 0 saturated carbocycles. The van der Waals surface area contributed by atoms with Gasteiger partial charge in [0.1, 0.15) is 0 Å². The van der Waals surface area contributed by atoms with Crippen molar-refractivity contribution in [3.05, 3.63) is 0 Å². The Kier molecular flexibility index (Phi) is 6.36. The highest BCUT2D eigenvalue weighted by molar-refractivity contribution is 6.74. The van der Waals surface area contributed by atoms with Gasteiger partial charge in [-0.05, 0) is 17.8 Å². The molecule has 0 radical (unpaired) electrons. The van der Waals surface area contributed by atoms with Crippen LogP contribution < -0.4 is 0 Å². The summed E-state index contributed by atoms with van der Waals surface area (Å²) in [4.78, 5) is 12.2. The van der Waals surface area contributed by atoms with Crippen molar-refractivity contribution in [3.63, 3.8) is 0 Å². The third-order valence-electron chi connectivity index (χ3n) is 3.02. The summed E-state index contributed by atoms with van der Waals surface area (Å²) in [7, 11) is 0.761. The van der Waals surface area contributed by atoms with Crippen molar-refractivity contribution in [2.24, 2.45) is 23.2 Å². The first kappa shape index (κ1) is 15.7. The Morgan fingerprint density at radius 2 is 1.62 bits per heavy atom. The maximum atomic E-state index is 12.2.